The van der Waals surface area contributed by atoms with Crippen molar-refractivity contribution in [3.63, 3.8) is 0 Å². The predicted molar refractivity (Wildman–Crippen MR) is 143 cm³/mol. The molecule has 0 aromatic heterocycles. The van der Waals surface area contributed by atoms with Crippen molar-refractivity contribution in [3.8, 4) is 23.0 Å². The van der Waals surface area contributed by atoms with Crippen LogP contribution in [0.4, 0.5) is 17.1 Å². The number of rotatable bonds is 9. The zero-order valence-corrected chi connectivity index (χ0v) is 22.2. The SMILES string of the molecule is CCOc1ccccc1N1C(=O)[C@@H]2[C@@H](c3ccc(OC)c(OC)c3OC)N(c3cccc([N+](=O)[O-])c3)O[C@H]2C1=O. The van der Waals surface area contributed by atoms with Gasteiger partial charge in [-0.2, -0.15) is 0 Å². The summed E-state index contributed by atoms with van der Waals surface area (Å²) in [6, 6.07) is 14.9. The molecule has 2 aliphatic heterocycles. The number of imide groups is 1. The molecule has 2 amide bonds. The molecule has 5 rings (SSSR count). The van der Waals surface area contributed by atoms with Crippen molar-refractivity contribution in [1.82, 2.24) is 0 Å². The van der Waals surface area contributed by atoms with Crippen molar-refractivity contribution in [2.24, 2.45) is 5.92 Å². The molecule has 0 radical (unpaired) electrons. The van der Waals surface area contributed by atoms with E-state index < -0.39 is 34.8 Å². The molecule has 208 valence electrons. The van der Waals surface area contributed by atoms with Gasteiger partial charge in [0, 0.05) is 17.7 Å². The number of hydroxylamine groups is 1. The van der Waals surface area contributed by atoms with Crippen LogP contribution in [0.15, 0.2) is 60.7 Å². The average molecular weight is 550 g/mol. The number of nitrogens with zero attached hydrogens (tertiary/aromatic N) is 3. The molecule has 0 bridgehead atoms. The number of hydrogen-bond donors (Lipinski definition) is 0. The van der Waals surface area contributed by atoms with Crippen molar-refractivity contribution >= 4 is 28.9 Å². The van der Waals surface area contributed by atoms with Gasteiger partial charge in [0.25, 0.3) is 11.6 Å². The number of fused-ring (bicyclic) bond motifs is 1. The Hall–Kier alpha value is -4.84. The number of para-hydroxylation sites is 2. The number of carbonyl (C=O) groups is 2. The van der Waals surface area contributed by atoms with Crippen LogP contribution in [-0.2, 0) is 14.4 Å². The van der Waals surface area contributed by atoms with E-state index in [0.717, 1.165) is 4.90 Å². The third-order valence-corrected chi connectivity index (χ3v) is 6.87. The Balaban J connectivity index is 1.68. The summed E-state index contributed by atoms with van der Waals surface area (Å²) in [6.07, 6.45) is -1.22. The summed E-state index contributed by atoms with van der Waals surface area (Å²) in [5.41, 5.74) is 0.867. The molecule has 0 unspecified atom stereocenters. The maximum atomic E-state index is 14.1. The van der Waals surface area contributed by atoms with Crippen molar-refractivity contribution < 1.29 is 38.3 Å². The summed E-state index contributed by atoms with van der Waals surface area (Å²) >= 11 is 0. The van der Waals surface area contributed by atoms with Gasteiger partial charge in [0.2, 0.25) is 11.7 Å². The van der Waals surface area contributed by atoms with Crippen molar-refractivity contribution in [2.75, 3.05) is 37.9 Å². The number of nitro benzene ring substituents is 1. The first-order chi connectivity index (χ1) is 19.4. The minimum atomic E-state index is -1.22. The number of anilines is 2. The van der Waals surface area contributed by atoms with Crippen LogP contribution in [0.1, 0.15) is 18.5 Å². The second kappa shape index (κ2) is 10.7. The Morgan fingerprint density at radius 2 is 1.65 bits per heavy atom. The van der Waals surface area contributed by atoms with E-state index in [9.17, 15) is 19.7 Å². The Bertz CT molecular complexity index is 1480. The minimum absolute atomic E-state index is 0.180. The van der Waals surface area contributed by atoms with E-state index in [1.54, 1.807) is 49.4 Å². The molecule has 40 heavy (non-hydrogen) atoms. The lowest BCUT2D eigenvalue weighted by Gasteiger charge is -2.30. The lowest BCUT2D eigenvalue weighted by Crippen LogP contribution is -2.37. The van der Waals surface area contributed by atoms with Crippen LogP contribution in [-0.4, -0.2) is 50.8 Å². The molecule has 2 aliphatic rings. The summed E-state index contributed by atoms with van der Waals surface area (Å²) in [5, 5.41) is 12.9. The van der Waals surface area contributed by atoms with Crippen LogP contribution in [0.25, 0.3) is 0 Å². The topological polar surface area (TPSA) is 130 Å². The first-order valence-electron chi connectivity index (χ1n) is 12.4. The Morgan fingerprint density at radius 3 is 2.33 bits per heavy atom. The molecule has 3 aromatic rings. The number of carbonyl (C=O) groups excluding carboxylic acids is 2. The molecule has 2 fully saturated rings. The second-order valence-electron chi connectivity index (χ2n) is 8.94. The van der Waals surface area contributed by atoms with Crippen LogP contribution in [0.5, 0.6) is 23.0 Å². The molecular formula is C28H27N3O9. The summed E-state index contributed by atoms with van der Waals surface area (Å²) in [6.45, 7) is 2.14. The number of non-ortho nitro benzene ring substituents is 1. The third kappa shape index (κ3) is 4.22. The largest absolute Gasteiger partial charge is 0.493 e. The maximum Gasteiger partial charge on any atom is 0.271 e. The van der Waals surface area contributed by atoms with E-state index in [1.807, 2.05) is 0 Å². The first-order valence-corrected chi connectivity index (χ1v) is 12.4. The summed E-state index contributed by atoms with van der Waals surface area (Å²) in [4.78, 5) is 46.1. The molecule has 2 heterocycles. The molecule has 0 spiro atoms. The van der Waals surface area contributed by atoms with Gasteiger partial charge in [-0.1, -0.05) is 18.2 Å². The van der Waals surface area contributed by atoms with Crippen LogP contribution in [0, 0.1) is 16.0 Å². The fourth-order valence-corrected chi connectivity index (χ4v) is 5.21. The number of nitro groups is 1. The van der Waals surface area contributed by atoms with Crippen LogP contribution < -0.4 is 28.9 Å². The van der Waals surface area contributed by atoms with Crippen molar-refractivity contribution in [1.29, 1.82) is 0 Å². The highest BCUT2D eigenvalue weighted by Crippen LogP contribution is 2.53. The quantitative estimate of drug-likeness (QED) is 0.219. The van der Waals surface area contributed by atoms with Gasteiger partial charge in [0.1, 0.15) is 17.7 Å². The average Bonchev–Trinajstić information content (AvgIpc) is 3.48. The Morgan fingerprint density at radius 1 is 0.900 bits per heavy atom. The highest BCUT2D eigenvalue weighted by Gasteiger charge is 2.61. The third-order valence-electron chi connectivity index (χ3n) is 6.87. The van der Waals surface area contributed by atoms with Gasteiger partial charge in [-0.05, 0) is 37.3 Å². The molecule has 0 saturated carbocycles. The van der Waals surface area contributed by atoms with Crippen LogP contribution in [0.3, 0.4) is 0 Å². The smallest absolute Gasteiger partial charge is 0.271 e. The second-order valence-corrected chi connectivity index (χ2v) is 8.94. The fraction of sp³-hybridized carbons (Fsp3) is 0.286. The summed E-state index contributed by atoms with van der Waals surface area (Å²) in [5.74, 6) is -0.825. The molecule has 12 nitrogen and oxygen atoms in total. The van der Waals surface area contributed by atoms with Gasteiger partial charge in [-0.3, -0.25) is 24.5 Å². The number of hydrogen-bond acceptors (Lipinski definition) is 10. The lowest BCUT2D eigenvalue weighted by molar-refractivity contribution is -0.384. The molecule has 3 aromatic carbocycles. The van der Waals surface area contributed by atoms with Gasteiger partial charge in [0.15, 0.2) is 17.6 Å². The fourth-order valence-electron chi connectivity index (χ4n) is 5.21. The lowest BCUT2D eigenvalue weighted by atomic mass is 9.89. The number of methoxy groups -OCH3 is 3. The summed E-state index contributed by atoms with van der Waals surface area (Å²) < 4.78 is 22.4. The standard InChI is InChI=1S/C28H27N3O9/c1-5-39-20-12-7-6-11-19(20)29-27(32)22-23(18-13-14-21(36-2)25(38-4)24(18)37-3)30(40-26(22)28(29)33)16-9-8-10-17(15-16)31(34)35/h6-15,22-23,26H,5H2,1-4H3/t22-,23-,26-/m1/s1. The first kappa shape index (κ1) is 26.8. The normalized spacial score (nSPS) is 19.9. The highest BCUT2D eigenvalue weighted by molar-refractivity contribution is 6.24. The monoisotopic (exact) mass is 549 g/mol. The molecule has 12 heteroatoms. The van der Waals surface area contributed by atoms with Gasteiger partial charge in [-0.25, -0.2) is 9.96 Å². The van der Waals surface area contributed by atoms with Crippen LogP contribution in [0.2, 0.25) is 0 Å². The molecule has 3 atom stereocenters. The minimum Gasteiger partial charge on any atom is -0.493 e. The maximum absolute atomic E-state index is 14.1. The number of ether oxygens (including phenoxy) is 4. The van der Waals surface area contributed by atoms with Crippen LogP contribution >= 0.6 is 0 Å². The van der Waals surface area contributed by atoms with E-state index >= 15 is 0 Å². The van der Waals surface area contributed by atoms with Crippen molar-refractivity contribution in [2.45, 2.75) is 19.1 Å². The molecule has 2 saturated heterocycles. The molecular weight excluding hydrogens is 522 g/mol. The van der Waals surface area contributed by atoms with E-state index in [0.29, 0.717) is 29.4 Å². The Labute approximate surface area is 229 Å². The number of benzene rings is 3. The van der Waals surface area contributed by atoms with E-state index in [4.69, 9.17) is 23.8 Å². The van der Waals surface area contributed by atoms with Gasteiger partial charge in [0.05, 0.1) is 44.2 Å². The zero-order chi connectivity index (χ0) is 28.6. The Kier molecular flexibility index (Phi) is 7.18. The predicted octanol–water partition coefficient (Wildman–Crippen LogP) is 4.07. The van der Waals surface area contributed by atoms with Gasteiger partial charge < -0.3 is 18.9 Å². The zero-order valence-electron chi connectivity index (χ0n) is 22.2. The van der Waals surface area contributed by atoms with Gasteiger partial charge >= 0.3 is 0 Å². The molecule has 0 aliphatic carbocycles. The van der Waals surface area contributed by atoms with Gasteiger partial charge in [-0.15, -0.1) is 0 Å². The highest BCUT2D eigenvalue weighted by atomic mass is 16.7. The molecule has 0 N–H and O–H groups in total. The number of amides is 2. The van der Waals surface area contributed by atoms with Crippen molar-refractivity contribution in [3.05, 3.63) is 76.3 Å². The van der Waals surface area contributed by atoms with E-state index in [2.05, 4.69) is 0 Å². The van der Waals surface area contributed by atoms with E-state index in [1.165, 1.54) is 44.6 Å². The van der Waals surface area contributed by atoms with E-state index in [-0.39, 0.29) is 22.9 Å². The summed E-state index contributed by atoms with van der Waals surface area (Å²) in [7, 11) is 4.37.